The van der Waals surface area contributed by atoms with Crippen LogP contribution < -0.4 is 10.2 Å². The quantitative estimate of drug-likeness (QED) is 0.489. The summed E-state index contributed by atoms with van der Waals surface area (Å²) in [6.07, 6.45) is -1.54. The number of ether oxygens (including phenoxy) is 1. The third kappa shape index (κ3) is 4.29. The summed E-state index contributed by atoms with van der Waals surface area (Å²) in [5.41, 5.74) is -0.0879. The number of fused-ring (bicyclic) bond motifs is 1. The first-order valence-corrected chi connectivity index (χ1v) is 10.5. The summed E-state index contributed by atoms with van der Waals surface area (Å²) in [6, 6.07) is 12.1. The van der Waals surface area contributed by atoms with Crippen molar-refractivity contribution in [1.82, 2.24) is 19.6 Å². The van der Waals surface area contributed by atoms with Gasteiger partial charge in [0.05, 0.1) is 24.3 Å². The Labute approximate surface area is 192 Å². The molecule has 0 atom stereocenters. The molecule has 3 aromatic heterocycles. The molecule has 0 radical (unpaired) electrons. The van der Waals surface area contributed by atoms with Crippen molar-refractivity contribution in [3.63, 3.8) is 0 Å². The maximum Gasteiger partial charge on any atom is 0.417 e. The monoisotopic (exact) mass is 468 g/mol. The average Bonchev–Trinajstić information content (AvgIpc) is 3.29. The topological polar surface area (TPSA) is 84.7 Å². The standard InChI is InChI=1S/C23H19F3N6O2/c24-23(25,26)18-7-6-15(31-10-12-34-13-11-31)14-17(18)20-29-21-16(4-3-9-32(21)30-20)22(33)28-19-5-1-2-8-27-19/h1-9,14H,10-13H2,(H,27,28,33). The number of hydrogen-bond donors (Lipinski definition) is 1. The molecule has 1 saturated heterocycles. The highest BCUT2D eigenvalue weighted by Gasteiger charge is 2.35. The van der Waals surface area contributed by atoms with Gasteiger partial charge in [-0.3, -0.25) is 4.79 Å². The molecule has 1 aromatic carbocycles. The Morgan fingerprint density at radius 3 is 2.62 bits per heavy atom. The number of alkyl halides is 3. The van der Waals surface area contributed by atoms with Crippen LogP contribution in [-0.2, 0) is 10.9 Å². The van der Waals surface area contributed by atoms with Crippen LogP contribution in [0.5, 0.6) is 0 Å². The lowest BCUT2D eigenvalue weighted by Gasteiger charge is -2.29. The molecule has 1 aliphatic heterocycles. The van der Waals surface area contributed by atoms with Gasteiger partial charge in [0, 0.05) is 36.7 Å². The van der Waals surface area contributed by atoms with Gasteiger partial charge in [0.2, 0.25) is 0 Å². The van der Waals surface area contributed by atoms with Crippen molar-refractivity contribution >= 4 is 23.1 Å². The molecule has 1 aliphatic rings. The highest BCUT2D eigenvalue weighted by atomic mass is 19.4. The Morgan fingerprint density at radius 2 is 1.88 bits per heavy atom. The molecule has 11 heteroatoms. The van der Waals surface area contributed by atoms with Gasteiger partial charge >= 0.3 is 6.18 Å². The minimum Gasteiger partial charge on any atom is -0.378 e. The summed E-state index contributed by atoms with van der Waals surface area (Å²) < 4.78 is 48.2. The Kier molecular flexibility index (Phi) is 5.62. The van der Waals surface area contributed by atoms with Crippen molar-refractivity contribution in [3.8, 4) is 11.4 Å². The molecule has 34 heavy (non-hydrogen) atoms. The van der Waals surface area contributed by atoms with Crippen molar-refractivity contribution in [3.05, 3.63) is 72.1 Å². The number of carbonyl (C=O) groups excluding carboxylic acids is 1. The summed E-state index contributed by atoms with van der Waals surface area (Å²) >= 11 is 0. The van der Waals surface area contributed by atoms with E-state index in [9.17, 15) is 18.0 Å². The minimum atomic E-state index is -4.60. The summed E-state index contributed by atoms with van der Waals surface area (Å²) in [5, 5.41) is 6.92. The van der Waals surface area contributed by atoms with Gasteiger partial charge in [0.15, 0.2) is 11.5 Å². The number of halogens is 3. The summed E-state index contributed by atoms with van der Waals surface area (Å²) in [6.45, 7) is 2.14. The normalized spacial score (nSPS) is 14.4. The number of nitrogens with zero attached hydrogens (tertiary/aromatic N) is 5. The van der Waals surface area contributed by atoms with Gasteiger partial charge in [-0.25, -0.2) is 14.5 Å². The third-order valence-corrected chi connectivity index (χ3v) is 5.44. The predicted octanol–water partition coefficient (Wildman–Crippen LogP) is 3.90. The van der Waals surface area contributed by atoms with Crippen LogP contribution in [0, 0.1) is 0 Å². The van der Waals surface area contributed by atoms with Crippen LogP contribution in [0.3, 0.4) is 0 Å². The lowest BCUT2D eigenvalue weighted by atomic mass is 10.0. The van der Waals surface area contributed by atoms with Crippen LogP contribution in [0.2, 0.25) is 0 Å². The van der Waals surface area contributed by atoms with Crippen LogP contribution in [0.4, 0.5) is 24.7 Å². The van der Waals surface area contributed by atoms with E-state index in [0.717, 1.165) is 6.07 Å². The number of benzene rings is 1. The molecule has 174 valence electrons. The molecule has 0 spiro atoms. The van der Waals surface area contributed by atoms with Crippen LogP contribution in [0.25, 0.3) is 17.0 Å². The number of nitrogens with one attached hydrogen (secondary N) is 1. The molecule has 0 unspecified atom stereocenters. The fourth-order valence-corrected chi connectivity index (χ4v) is 3.80. The molecule has 4 heterocycles. The van der Waals surface area contributed by atoms with Crippen molar-refractivity contribution in [2.45, 2.75) is 6.18 Å². The second-order valence-corrected chi connectivity index (χ2v) is 7.62. The first-order valence-electron chi connectivity index (χ1n) is 10.5. The molecule has 0 aliphatic carbocycles. The molecule has 0 saturated carbocycles. The second-order valence-electron chi connectivity index (χ2n) is 7.62. The molecule has 5 rings (SSSR count). The molecule has 1 N–H and O–H groups in total. The molecular weight excluding hydrogens is 449 g/mol. The first-order chi connectivity index (χ1) is 16.4. The SMILES string of the molecule is O=C(Nc1ccccn1)c1cccn2nc(-c3cc(N4CCOCC4)ccc3C(F)(F)F)nc12. The number of morpholine rings is 1. The maximum atomic E-state index is 13.8. The van der Waals surface area contributed by atoms with Gasteiger partial charge in [0.1, 0.15) is 5.82 Å². The van der Waals surface area contributed by atoms with E-state index in [4.69, 9.17) is 4.74 Å². The summed E-state index contributed by atoms with van der Waals surface area (Å²) in [5.74, 6) is -0.284. The Hall–Kier alpha value is -3.99. The largest absolute Gasteiger partial charge is 0.417 e. The van der Waals surface area contributed by atoms with Crippen molar-refractivity contribution in [2.24, 2.45) is 0 Å². The van der Waals surface area contributed by atoms with E-state index in [0.29, 0.717) is 37.8 Å². The smallest absolute Gasteiger partial charge is 0.378 e. The zero-order valence-electron chi connectivity index (χ0n) is 17.8. The third-order valence-electron chi connectivity index (χ3n) is 5.44. The van der Waals surface area contributed by atoms with Crippen molar-refractivity contribution < 1.29 is 22.7 Å². The van der Waals surface area contributed by atoms with Gasteiger partial charge in [-0.1, -0.05) is 6.07 Å². The van der Waals surface area contributed by atoms with Gasteiger partial charge in [-0.15, -0.1) is 5.10 Å². The number of amides is 1. The number of carbonyl (C=O) groups is 1. The van der Waals surface area contributed by atoms with Crippen LogP contribution in [0.1, 0.15) is 15.9 Å². The zero-order chi connectivity index (χ0) is 23.7. The first kappa shape index (κ1) is 21.8. The summed E-state index contributed by atoms with van der Waals surface area (Å²) in [7, 11) is 0. The highest BCUT2D eigenvalue weighted by molar-refractivity contribution is 6.07. The van der Waals surface area contributed by atoms with E-state index in [2.05, 4.69) is 20.4 Å². The van der Waals surface area contributed by atoms with Gasteiger partial charge in [-0.2, -0.15) is 13.2 Å². The molecular formula is C23H19F3N6O2. The average molecular weight is 468 g/mol. The highest BCUT2D eigenvalue weighted by Crippen LogP contribution is 2.38. The van der Waals surface area contributed by atoms with Gasteiger partial charge in [0.25, 0.3) is 5.91 Å². The van der Waals surface area contributed by atoms with Crippen LogP contribution in [0.15, 0.2) is 60.9 Å². The Bertz CT molecular complexity index is 1330. The fourth-order valence-electron chi connectivity index (χ4n) is 3.80. The minimum absolute atomic E-state index is 0.125. The van der Waals surface area contributed by atoms with E-state index in [1.807, 2.05) is 4.90 Å². The number of aromatic nitrogens is 4. The second kappa shape index (κ2) is 8.75. The number of anilines is 2. The molecule has 1 fully saturated rings. The fraction of sp³-hybridized carbons (Fsp3) is 0.217. The van der Waals surface area contributed by atoms with Crippen LogP contribution >= 0.6 is 0 Å². The van der Waals surface area contributed by atoms with E-state index >= 15 is 0 Å². The number of rotatable bonds is 4. The van der Waals surface area contributed by atoms with E-state index in [1.54, 1.807) is 24.3 Å². The number of hydrogen-bond acceptors (Lipinski definition) is 6. The van der Waals surface area contributed by atoms with Crippen molar-refractivity contribution in [1.29, 1.82) is 0 Å². The van der Waals surface area contributed by atoms with E-state index < -0.39 is 17.6 Å². The zero-order valence-corrected chi connectivity index (χ0v) is 17.8. The Morgan fingerprint density at radius 1 is 1.06 bits per heavy atom. The number of pyridine rings is 2. The summed E-state index contributed by atoms with van der Waals surface area (Å²) in [4.78, 5) is 23.2. The molecule has 4 aromatic rings. The maximum absolute atomic E-state index is 13.8. The van der Waals surface area contributed by atoms with Crippen LogP contribution in [-0.4, -0.2) is 51.8 Å². The molecule has 0 bridgehead atoms. The van der Waals surface area contributed by atoms with Gasteiger partial charge < -0.3 is 15.0 Å². The van der Waals surface area contributed by atoms with E-state index in [1.165, 1.54) is 35.1 Å². The Balaban J connectivity index is 1.57. The van der Waals surface area contributed by atoms with Gasteiger partial charge in [-0.05, 0) is 42.5 Å². The molecule has 1 amide bonds. The predicted molar refractivity (Wildman–Crippen MR) is 119 cm³/mol. The lowest BCUT2D eigenvalue weighted by Crippen LogP contribution is -2.36. The van der Waals surface area contributed by atoms with E-state index in [-0.39, 0.29) is 22.6 Å². The molecule has 8 nitrogen and oxygen atoms in total. The lowest BCUT2D eigenvalue weighted by molar-refractivity contribution is -0.137. The van der Waals surface area contributed by atoms with Crippen molar-refractivity contribution in [2.75, 3.05) is 36.5 Å².